The Hall–Kier alpha value is -1.26. The standard InChI is InChI=1S/C14H23N3O/c1-11-8-14(9-15,10-17(11)2)16-12-5-4-6-13(7-12)18-3/h4-7,11,16H,8-10,15H2,1-3H3. The molecule has 1 fully saturated rings. The van der Waals surface area contributed by atoms with Crippen LogP contribution in [-0.4, -0.2) is 43.7 Å². The van der Waals surface area contributed by atoms with E-state index in [-0.39, 0.29) is 5.54 Å². The van der Waals surface area contributed by atoms with Gasteiger partial charge in [-0.05, 0) is 32.5 Å². The van der Waals surface area contributed by atoms with Gasteiger partial charge in [0.25, 0.3) is 0 Å². The van der Waals surface area contributed by atoms with E-state index in [0.717, 1.165) is 24.4 Å². The van der Waals surface area contributed by atoms with Crippen LogP contribution < -0.4 is 15.8 Å². The van der Waals surface area contributed by atoms with Crippen LogP contribution in [0.25, 0.3) is 0 Å². The van der Waals surface area contributed by atoms with Crippen LogP contribution in [0, 0.1) is 0 Å². The number of methoxy groups -OCH3 is 1. The van der Waals surface area contributed by atoms with Gasteiger partial charge in [0, 0.05) is 30.9 Å². The van der Waals surface area contributed by atoms with Crippen molar-refractivity contribution in [2.75, 3.05) is 32.6 Å². The Bertz CT molecular complexity index is 398. The second-order valence-corrected chi connectivity index (χ2v) is 5.31. The normalized spacial score (nSPS) is 28.3. The second-order valence-electron chi connectivity index (χ2n) is 5.31. The average molecular weight is 249 g/mol. The highest BCUT2D eigenvalue weighted by Crippen LogP contribution is 2.29. The topological polar surface area (TPSA) is 50.5 Å². The lowest BCUT2D eigenvalue weighted by molar-refractivity contribution is 0.323. The van der Waals surface area contributed by atoms with Gasteiger partial charge in [-0.3, -0.25) is 0 Å². The number of benzene rings is 1. The van der Waals surface area contributed by atoms with Crippen molar-refractivity contribution in [3.05, 3.63) is 24.3 Å². The molecule has 2 atom stereocenters. The minimum atomic E-state index is -0.0273. The van der Waals surface area contributed by atoms with E-state index >= 15 is 0 Å². The van der Waals surface area contributed by atoms with Gasteiger partial charge in [-0.1, -0.05) is 6.07 Å². The maximum absolute atomic E-state index is 5.99. The van der Waals surface area contributed by atoms with Crippen LogP contribution in [0.2, 0.25) is 0 Å². The summed E-state index contributed by atoms with van der Waals surface area (Å²) in [5, 5.41) is 3.59. The zero-order valence-electron chi connectivity index (χ0n) is 11.4. The van der Waals surface area contributed by atoms with Gasteiger partial charge in [-0.2, -0.15) is 0 Å². The molecule has 1 aromatic rings. The van der Waals surface area contributed by atoms with Gasteiger partial charge in [-0.25, -0.2) is 0 Å². The number of hydrogen-bond acceptors (Lipinski definition) is 4. The molecule has 18 heavy (non-hydrogen) atoms. The average Bonchev–Trinajstić information content (AvgIpc) is 2.65. The maximum Gasteiger partial charge on any atom is 0.120 e. The molecule has 4 heteroatoms. The van der Waals surface area contributed by atoms with E-state index in [0.29, 0.717) is 12.6 Å². The van der Waals surface area contributed by atoms with Crippen molar-refractivity contribution >= 4 is 5.69 Å². The first-order valence-electron chi connectivity index (χ1n) is 6.41. The highest BCUT2D eigenvalue weighted by Gasteiger charge is 2.39. The molecule has 0 aromatic heterocycles. The van der Waals surface area contributed by atoms with Gasteiger partial charge in [0.1, 0.15) is 5.75 Å². The van der Waals surface area contributed by atoms with Crippen molar-refractivity contribution < 1.29 is 4.74 Å². The van der Waals surface area contributed by atoms with E-state index in [1.54, 1.807) is 7.11 Å². The van der Waals surface area contributed by atoms with Crippen LogP contribution in [0.5, 0.6) is 5.75 Å². The lowest BCUT2D eigenvalue weighted by Crippen LogP contribution is -2.47. The van der Waals surface area contributed by atoms with Gasteiger partial charge < -0.3 is 20.7 Å². The molecule has 1 heterocycles. The van der Waals surface area contributed by atoms with Crippen molar-refractivity contribution in [3.63, 3.8) is 0 Å². The van der Waals surface area contributed by atoms with Crippen molar-refractivity contribution in [3.8, 4) is 5.75 Å². The van der Waals surface area contributed by atoms with Crippen LogP contribution in [0.15, 0.2) is 24.3 Å². The van der Waals surface area contributed by atoms with Crippen LogP contribution in [-0.2, 0) is 0 Å². The Balaban J connectivity index is 2.15. The number of rotatable bonds is 4. The summed E-state index contributed by atoms with van der Waals surface area (Å²) in [6.07, 6.45) is 1.07. The molecule has 3 N–H and O–H groups in total. The summed E-state index contributed by atoms with van der Waals surface area (Å²) in [5.41, 5.74) is 7.04. The summed E-state index contributed by atoms with van der Waals surface area (Å²) in [6.45, 7) is 3.85. The Kier molecular flexibility index (Phi) is 3.78. The lowest BCUT2D eigenvalue weighted by Gasteiger charge is -2.30. The summed E-state index contributed by atoms with van der Waals surface area (Å²) < 4.78 is 5.25. The molecule has 0 saturated carbocycles. The summed E-state index contributed by atoms with van der Waals surface area (Å²) in [6, 6.07) is 8.58. The van der Waals surface area contributed by atoms with Crippen molar-refractivity contribution in [1.82, 2.24) is 4.90 Å². The number of hydrogen-bond donors (Lipinski definition) is 2. The van der Waals surface area contributed by atoms with Crippen molar-refractivity contribution in [2.24, 2.45) is 5.73 Å². The van der Waals surface area contributed by atoms with Gasteiger partial charge in [0.2, 0.25) is 0 Å². The first-order valence-corrected chi connectivity index (χ1v) is 6.41. The van der Waals surface area contributed by atoms with Crippen molar-refractivity contribution in [2.45, 2.75) is 24.9 Å². The second kappa shape index (κ2) is 5.16. The molecule has 0 amide bonds. The molecule has 4 nitrogen and oxygen atoms in total. The number of nitrogens with zero attached hydrogens (tertiary/aromatic N) is 1. The highest BCUT2D eigenvalue weighted by molar-refractivity contribution is 5.50. The molecule has 1 aromatic carbocycles. The molecule has 1 aliphatic rings. The molecular weight excluding hydrogens is 226 g/mol. The molecular formula is C14H23N3O. The zero-order chi connectivity index (χ0) is 13.2. The third-order valence-electron chi connectivity index (χ3n) is 3.86. The fourth-order valence-corrected chi connectivity index (χ4v) is 2.72. The third kappa shape index (κ3) is 2.60. The first-order chi connectivity index (χ1) is 8.58. The number of ether oxygens (including phenoxy) is 1. The molecule has 2 rings (SSSR count). The Labute approximate surface area is 109 Å². The van der Waals surface area contributed by atoms with Crippen molar-refractivity contribution in [1.29, 1.82) is 0 Å². The number of nitrogens with one attached hydrogen (secondary N) is 1. The Morgan fingerprint density at radius 1 is 1.56 bits per heavy atom. The maximum atomic E-state index is 5.99. The first kappa shape index (κ1) is 13.2. The SMILES string of the molecule is COc1cccc(NC2(CN)CC(C)N(C)C2)c1. The largest absolute Gasteiger partial charge is 0.497 e. The van der Waals surface area contributed by atoms with Crippen LogP contribution >= 0.6 is 0 Å². The summed E-state index contributed by atoms with van der Waals surface area (Å²) in [4.78, 5) is 2.35. The zero-order valence-corrected chi connectivity index (χ0v) is 11.4. The van der Waals surface area contributed by atoms with Gasteiger partial charge in [0.05, 0.1) is 12.6 Å². The summed E-state index contributed by atoms with van der Waals surface area (Å²) >= 11 is 0. The molecule has 1 aliphatic heterocycles. The number of likely N-dealkylation sites (tertiary alicyclic amines) is 1. The number of anilines is 1. The van der Waals surface area contributed by atoms with E-state index in [2.05, 4.69) is 30.3 Å². The van der Waals surface area contributed by atoms with Gasteiger partial charge in [0.15, 0.2) is 0 Å². The molecule has 0 bridgehead atoms. The van der Waals surface area contributed by atoms with Crippen LogP contribution in [0.1, 0.15) is 13.3 Å². The lowest BCUT2D eigenvalue weighted by atomic mass is 9.96. The summed E-state index contributed by atoms with van der Waals surface area (Å²) in [7, 11) is 3.83. The quantitative estimate of drug-likeness (QED) is 0.849. The molecule has 1 saturated heterocycles. The molecule has 2 unspecified atom stereocenters. The van der Waals surface area contributed by atoms with Gasteiger partial charge >= 0.3 is 0 Å². The summed E-state index contributed by atoms with van der Waals surface area (Å²) in [5.74, 6) is 0.867. The molecule has 0 radical (unpaired) electrons. The van der Waals surface area contributed by atoms with E-state index in [1.807, 2.05) is 18.2 Å². The van der Waals surface area contributed by atoms with E-state index in [1.165, 1.54) is 0 Å². The highest BCUT2D eigenvalue weighted by atomic mass is 16.5. The smallest absolute Gasteiger partial charge is 0.120 e. The number of likely N-dealkylation sites (N-methyl/N-ethyl adjacent to an activating group) is 1. The molecule has 100 valence electrons. The van der Waals surface area contributed by atoms with Crippen LogP contribution in [0.3, 0.4) is 0 Å². The van der Waals surface area contributed by atoms with Gasteiger partial charge in [-0.15, -0.1) is 0 Å². The van der Waals surface area contributed by atoms with E-state index in [9.17, 15) is 0 Å². The van der Waals surface area contributed by atoms with E-state index in [4.69, 9.17) is 10.5 Å². The Morgan fingerprint density at radius 3 is 2.89 bits per heavy atom. The third-order valence-corrected chi connectivity index (χ3v) is 3.86. The van der Waals surface area contributed by atoms with E-state index < -0.39 is 0 Å². The molecule has 0 aliphatic carbocycles. The predicted molar refractivity (Wildman–Crippen MR) is 75.1 cm³/mol. The number of nitrogens with two attached hydrogens (primary N) is 1. The molecule has 0 spiro atoms. The minimum absolute atomic E-state index is 0.0273. The van der Waals surface area contributed by atoms with Crippen LogP contribution in [0.4, 0.5) is 5.69 Å². The monoisotopic (exact) mass is 249 g/mol. The Morgan fingerprint density at radius 2 is 2.33 bits per heavy atom. The fourth-order valence-electron chi connectivity index (χ4n) is 2.72. The minimum Gasteiger partial charge on any atom is -0.497 e. The predicted octanol–water partition coefficient (Wildman–Crippen LogP) is 1.53. The fraction of sp³-hybridized carbons (Fsp3) is 0.571.